The summed E-state index contributed by atoms with van der Waals surface area (Å²) >= 11 is 0. The molecule has 3 N–H and O–H groups in total. The SMILES string of the molecule is C[C@H]([NH2+]C1CCCCCCC1)C(=O)Nc1ccc(S(=O)(=O)N2CCCC2)cc1. The number of rotatable bonds is 6. The first kappa shape index (κ1) is 21.3. The van der Waals surface area contributed by atoms with Gasteiger partial charge in [-0.3, -0.25) is 4.79 Å². The van der Waals surface area contributed by atoms with Gasteiger partial charge in [-0.25, -0.2) is 8.42 Å². The van der Waals surface area contributed by atoms with Gasteiger partial charge in [-0.2, -0.15) is 4.31 Å². The van der Waals surface area contributed by atoms with E-state index >= 15 is 0 Å². The van der Waals surface area contributed by atoms with Crippen molar-refractivity contribution in [3.8, 4) is 0 Å². The number of carbonyl (C=O) groups is 1. The lowest BCUT2D eigenvalue weighted by molar-refractivity contribution is -0.707. The van der Waals surface area contributed by atoms with Crippen LogP contribution >= 0.6 is 0 Å². The number of hydrogen-bond donors (Lipinski definition) is 2. The fourth-order valence-corrected chi connectivity index (χ4v) is 5.74. The van der Waals surface area contributed by atoms with E-state index in [4.69, 9.17) is 0 Å². The summed E-state index contributed by atoms with van der Waals surface area (Å²) in [6, 6.07) is 6.91. The van der Waals surface area contributed by atoms with Gasteiger partial charge in [0, 0.05) is 18.8 Å². The highest BCUT2D eigenvalue weighted by Gasteiger charge is 2.27. The smallest absolute Gasteiger partial charge is 0.282 e. The van der Waals surface area contributed by atoms with Gasteiger partial charge >= 0.3 is 0 Å². The Labute approximate surface area is 169 Å². The van der Waals surface area contributed by atoms with E-state index in [1.54, 1.807) is 24.3 Å². The van der Waals surface area contributed by atoms with Crippen molar-refractivity contribution in [2.24, 2.45) is 0 Å². The van der Waals surface area contributed by atoms with Crippen molar-refractivity contribution in [3.05, 3.63) is 24.3 Å². The van der Waals surface area contributed by atoms with Crippen molar-refractivity contribution >= 4 is 21.6 Å². The van der Waals surface area contributed by atoms with Crippen LogP contribution in [0.2, 0.25) is 0 Å². The van der Waals surface area contributed by atoms with Crippen molar-refractivity contribution < 1.29 is 18.5 Å². The van der Waals surface area contributed by atoms with E-state index in [1.165, 1.54) is 49.3 Å². The molecule has 0 radical (unpaired) electrons. The van der Waals surface area contributed by atoms with Crippen LogP contribution in [0.4, 0.5) is 5.69 Å². The molecule has 28 heavy (non-hydrogen) atoms. The van der Waals surface area contributed by atoms with Crippen LogP contribution in [-0.4, -0.2) is 43.8 Å². The number of sulfonamides is 1. The Morgan fingerprint density at radius 1 is 1.00 bits per heavy atom. The Balaban J connectivity index is 1.54. The lowest BCUT2D eigenvalue weighted by Crippen LogP contribution is -2.96. The Bertz CT molecular complexity index is 735. The fourth-order valence-electron chi connectivity index (χ4n) is 4.22. The van der Waals surface area contributed by atoms with Crippen molar-refractivity contribution in [2.75, 3.05) is 18.4 Å². The predicted octanol–water partition coefficient (Wildman–Crippen LogP) is 2.47. The molecule has 0 bridgehead atoms. The fraction of sp³-hybridized carbons (Fsp3) is 0.667. The highest BCUT2D eigenvalue weighted by Crippen LogP contribution is 2.22. The Hall–Kier alpha value is -1.44. The molecule has 0 unspecified atom stereocenters. The maximum atomic E-state index is 12.6. The van der Waals surface area contributed by atoms with Crippen molar-refractivity contribution in [3.63, 3.8) is 0 Å². The van der Waals surface area contributed by atoms with E-state index in [2.05, 4.69) is 10.6 Å². The third kappa shape index (κ3) is 5.55. The maximum absolute atomic E-state index is 12.6. The molecule has 1 atom stereocenters. The van der Waals surface area contributed by atoms with E-state index < -0.39 is 10.0 Å². The molecular weight excluding hydrogens is 374 g/mol. The zero-order valence-electron chi connectivity index (χ0n) is 16.9. The van der Waals surface area contributed by atoms with E-state index in [9.17, 15) is 13.2 Å². The van der Waals surface area contributed by atoms with Crippen LogP contribution in [0.3, 0.4) is 0 Å². The van der Waals surface area contributed by atoms with Gasteiger partial charge in [-0.1, -0.05) is 19.3 Å². The Kier molecular flexibility index (Phi) is 7.48. The van der Waals surface area contributed by atoms with Crippen molar-refractivity contribution in [2.45, 2.75) is 81.7 Å². The maximum Gasteiger partial charge on any atom is 0.282 e. The first-order valence-corrected chi connectivity index (χ1v) is 12.2. The van der Waals surface area contributed by atoms with Gasteiger partial charge in [0.05, 0.1) is 10.9 Å². The van der Waals surface area contributed by atoms with Gasteiger partial charge in [0.25, 0.3) is 5.91 Å². The van der Waals surface area contributed by atoms with Crippen LogP contribution in [0.25, 0.3) is 0 Å². The zero-order chi connectivity index (χ0) is 20.0. The number of nitrogens with one attached hydrogen (secondary N) is 1. The number of nitrogens with two attached hydrogens (primary N) is 1. The average molecular weight is 409 g/mol. The van der Waals surface area contributed by atoms with Gasteiger partial charge in [0.2, 0.25) is 10.0 Å². The summed E-state index contributed by atoms with van der Waals surface area (Å²) in [6.07, 6.45) is 10.7. The molecule has 6 nitrogen and oxygen atoms in total. The molecule has 3 rings (SSSR count). The van der Waals surface area contributed by atoms with Crippen LogP contribution in [0.15, 0.2) is 29.2 Å². The molecule has 1 aliphatic carbocycles. The van der Waals surface area contributed by atoms with Crippen LogP contribution in [-0.2, 0) is 14.8 Å². The summed E-state index contributed by atoms with van der Waals surface area (Å²) in [5, 5.41) is 5.13. The van der Waals surface area contributed by atoms with Gasteiger partial charge < -0.3 is 10.6 Å². The number of carbonyl (C=O) groups excluding carboxylic acids is 1. The van der Waals surface area contributed by atoms with Crippen LogP contribution < -0.4 is 10.6 Å². The zero-order valence-corrected chi connectivity index (χ0v) is 17.7. The van der Waals surface area contributed by atoms with Crippen LogP contribution in [0.1, 0.15) is 64.7 Å². The summed E-state index contributed by atoms with van der Waals surface area (Å²) in [7, 11) is -3.41. The number of anilines is 1. The molecule has 1 heterocycles. The molecule has 1 aliphatic heterocycles. The largest absolute Gasteiger partial charge is 0.334 e. The normalized spacial score (nSPS) is 21.0. The van der Waals surface area contributed by atoms with Gasteiger partial charge in [0.1, 0.15) is 0 Å². The summed E-state index contributed by atoms with van der Waals surface area (Å²) in [6.45, 7) is 3.13. The highest BCUT2D eigenvalue weighted by atomic mass is 32.2. The standard InChI is InChI=1S/C21H33N3O3S/c1-17(22-18-9-5-3-2-4-6-10-18)21(25)23-19-11-13-20(14-12-19)28(26,27)24-15-7-8-16-24/h11-14,17-18,22H,2-10,15-16H2,1H3,(H,23,25)/p+1/t17-/m0/s1. The minimum atomic E-state index is -3.41. The molecule has 156 valence electrons. The molecule has 7 heteroatoms. The quantitative estimate of drug-likeness (QED) is 0.758. The predicted molar refractivity (Wildman–Crippen MR) is 111 cm³/mol. The number of quaternary nitrogens is 1. The number of amides is 1. The van der Waals surface area contributed by atoms with Gasteiger partial charge in [-0.15, -0.1) is 0 Å². The monoisotopic (exact) mass is 408 g/mol. The second-order valence-electron chi connectivity index (χ2n) is 8.21. The molecule has 1 aromatic rings. The third-order valence-electron chi connectivity index (χ3n) is 5.95. The van der Waals surface area contributed by atoms with E-state index in [1.807, 2.05) is 6.92 Å². The lowest BCUT2D eigenvalue weighted by atomic mass is 9.96. The second-order valence-corrected chi connectivity index (χ2v) is 10.1. The third-order valence-corrected chi connectivity index (χ3v) is 7.86. The minimum absolute atomic E-state index is 0.0304. The Morgan fingerprint density at radius 2 is 1.57 bits per heavy atom. The number of nitrogens with zero attached hydrogens (tertiary/aromatic N) is 1. The molecule has 1 saturated heterocycles. The molecule has 1 amide bonds. The molecule has 2 aliphatic rings. The number of hydrogen-bond acceptors (Lipinski definition) is 3. The van der Waals surface area contributed by atoms with Crippen LogP contribution in [0.5, 0.6) is 0 Å². The van der Waals surface area contributed by atoms with Crippen molar-refractivity contribution in [1.29, 1.82) is 0 Å². The van der Waals surface area contributed by atoms with Gasteiger partial charge in [0.15, 0.2) is 6.04 Å². The van der Waals surface area contributed by atoms with Crippen molar-refractivity contribution in [1.82, 2.24) is 4.31 Å². The summed E-state index contributed by atoms with van der Waals surface area (Å²) in [4.78, 5) is 12.9. The summed E-state index contributed by atoms with van der Waals surface area (Å²) < 4.78 is 26.7. The van der Waals surface area contributed by atoms with E-state index in [0.717, 1.165) is 12.8 Å². The topological polar surface area (TPSA) is 83.1 Å². The molecule has 1 saturated carbocycles. The summed E-state index contributed by atoms with van der Waals surface area (Å²) in [5.41, 5.74) is 0.642. The van der Waals surface area contributed by atoms with Crippen LogP contribution in [0, 0.1) is 0 Å². The highest BCUT2D eigenvalue weighted by molar-refractivity contribution is 7.89. The molecule has 1 aromatic carbocycles. The molecule has 2 fully saturated rings. The molecular formula is C21H34N3O3S+. The van der Waals surface area contributed by atoms with E-state index in [0.29, 0.717) is 29.7 Å². The average Bonchev–Trinajstić information content (AvgIpc) is 3.20. The van der Waals surface area contributed by atoms with Gasteiger partial charge in [-0.05, 0) is 69.7 Å². The second kappa shape index (κ2) is 9.85. The first-order valence-electron chi connectivity index (χ1n) is 10.7. The van der Waals surface area contributed by atoms with E-state index in [-0.39, 0.29) is 11.9 Å². The summed E-state index contributed by atoms with van der Waals surface area (Å²) in [5.74, 6) is -0.0304. The minimum Gasteiger partial charge on any atom is -0.334 e. The molecule has 0 aromatic heterocycles. The number of benzene rings is 1. The Morgan fingerprint density at radius 3 is 2.18 bits per heavy atom. The molecule has 0 spiro atoms. The first-order chi connectivity index (χ1) is 13.5. The lowest BCUT2D eigenvalue weighted by Gasteiger charge is -2.21.